The third-order valence-electron chi connectivity index (χ3n) is 2.57. The summed E-state index contributed by atoms with van der Waals surface area (Å²) in [4.78, 5) is 8.78. The summed E-state index contributed by atoms with van der Waals surface area (Å²) >= 11 is 0. The number of aryl methyl sites for hydroxylation is 1. The molecule has 2 rings (SSSR count). The number of hydrogen-bond acceptors (Lipinski definition) is 4. The molecular formula is C13H15N3O. The zero-order valence-electron chi connectivity index (χ0n) is 9.97. The first-order valence-corrected chi connectivity index (χ1v) is 5.41. The van der Waals surface area contributed by atoms with Gasteiger partial charge in [0.1, 0.15) is 5.75 Å². The Balaban J connectivity index is 2.38. The highest BCUT2D eigenvalue weighted by molar-refractivity contribution is 5.62. The number of hydrogen-bond donors (Lipinski definition) is 1. The van der Waals surface area contributed by atoms with Gasteiger partial charge in [-0.05, 0) is 31.2 Å². The lowest BCUT2D eigenvalue weighted by Gasteiger charge is -2.06. The fraction of sp³-hybridized carbons (Fsp3) is 0.231. The molecule has 2 aromatic rings. The molecule has 0 aliphatic rings. The molecule has 0 amide bonds. The maximum atomic E-state index is 5.53. The van der Waals surface area contributed by atoms with Gasteiger partial charge < -0.3 is 10.5 Å². The monoisotopic (exact) mass is 229 g/mol. The minimum atomic E-state index is 0.413. The normalized spacial score (nSPS) is 10.3. The lowest BCUT2D eigenvalue weighted by Crippen LogP contribution is -2.03. The SMILES string of the molecule is COc1ccc(-c2ncc(CN)nc2C)cc1. The second-order valence-corrected chi connectivity index (χ2v) is 3.73. The third kappa shape index (κ3) is 2.42. The molecule has 17 heavy (non-hydrogen) atoms. The Labute approximate surface area is 100 Å². The average Bonchev–Trinajstić information content (AvgIpc) is 2.39. The molecule has 0 saturated carbocycles. The largest absolute Gasteiger partial charge is 0.497 e. The maximum absolute atomic E-state index is 5.53. The van der Waals surface area contributed by atoms with Crippen LogP contribution in [0.15, 0.2) is 30.5 Å². The summed E-state index contributed by atoms with van der Waals surface area (Å²) in [5.74, 6) is 0.831. The van der Waals surface area contributed by atoms with Gasteiger partial charge in [-0.2, -0.15) is 0 Å². The van der Waals surface area contributed by atoms with E-state index in [4.69, 9.17) is 10.5 Å². The molecule has 0 bridgehead atoms. The van der Waals surface area contributed by atoms with Crippen LogP contribution in [0.5, 0.6) is 5.75 Å². The first-order chi connectivity index (χ1) is 8.24. The highest BCUT2D eigenvalue weighted by Crippen LogP contribution is 2.22. The molecule has 0 atom stereocenters. The fourth-order valence-electron chi connectivity index (χ4n) is 1.66. The molecular weight excluding hydrogens is 214 g/mol. The fourth-order valence-corrected chi connectivity index (χ4v) is 1.66. The van der Waals surface area contributed by atoms with Crippen LogP contribution in [0.25, 0.3) is 11.3 Å². The number of ether oxygens (including phenoxy) is 1. The smallest absolute Gasteiger partial charge is 0.118 e. The minimum absolute atomic E-state index is 0.413. The van der Waals surface area contributed by atoms with Crippen LogP contribution in [0.3, 0.4) is 0 Å². The van der Waals surface area contributed by atoms with Crippen molar-refractivity contribution in [2.75, 3.05) is 7.11 Å². The molecule has 0 spiro atoms. The zero-order valence-corrected chi connectivity index (χ0v) is 9.97. The number of nitrogens with zero attached hydrogens (tertiary/aromatic N) is 2. The van der Waals surface area contributed by atoms with E-state index in [9.17, 15) is 0 Å². The van der Waals surface area contributed by atoms with E-state index in [2.05, 4.69) is 9.97 Å². The molecule has 4 nitrogen and oxygen atoms in total. The van der Waals surface area contributed by atoms with Crippen molar-refractivity contribution in [3.63, 3.8) is 0 Å². The molecule has 1 heterocycles. The number of rotatable bonds is 3. The van der Waals surface area contributed by atoms with E-state index in [1.807, 2.05) is 31.2 Å². The summed E-state index contributed by atoms with van der Waals surface area (Å²) in [6.07, 6.45) is 1.71. The van der Waals surface area contributed by atoms with Gasteiger partial charge in [-0.1, -0.05) is 0 Å². The van der Waals surface area contributed by atoms with Crippen LogP contribution in [0.2, 0.25) is 0 Å². The molecule has 88 valence electrons. The van der Waals surface area contributed by atoms with Crippen molar-refractivity contribution in [1.29, 1.82) is 0 Å². The molecule has 0 fully saturated rings. The second kappa shape index (κ2) is 4.93. The lowest BCUT2D eigenvalue weighted by molar-refractivity contribution is 0.415. The summed E-state index contributed by atoms with van der Waals surface area (Å²) in [7, 11) is 1.65. The predicted molar refractivity (Wildman–Crippen MR) is 66.6 cm³/mol. The van der Waals surface area contributed by atoms with E-state index in [0.29, 0.717) is 6.54 Å². The van der Waals surface area contributed by atoms with Gasteiger partial charge in [0, 0.05) is 12.1 Å². The molecule has 0 unspecified atom stereocenters. The van der Waals surface area contributed by atoms with Gasteiger partial charge in [0.15, 0.2) is 0 Å². The van der Waals surface area contributed by atoms with Crippen molar-refractivity contribution in [1.82, 2.24) is 9.97 Å². The molecule has 2 N–H and O–H groups in total. The minimum Gasteiger partial charge on any atom is -0.497 e. The Morgan fingerprint density at radius 2 is 1.94 bits per heavy atom. The molecule has 0 aliphatic heterocycles. The van der Waals surface area contributed by atoms with Crippen LogP contribution in [0.4, 0.5) is 0 Å². The van der Waals surface area contributed by atoms with Gasteiger partial charge in [-0.25, -0.2) is 0 Å². The van der Waals surface area contributed by atoms with E-state index in [0.717, 1.165) is 28.4 Å². The number of methoxy groups -OCH3 is 1. The highest BCUT2D eigenvalue weighted by Gasteiger charge is 2.05. The van der Waals surface area contributed by atoms with Crippen LogP contribution < -0.4 is 10.5 Å². The third-order valence-corrected chi connectivity index (χ3v) is 2.57. The van der Waals surface area contributed by atoms with E-state index in [-0.39, 0.29) is 0 Å². The Bertz CT molecular complexity index is 509. The molecule has 0 radical (unpaired) electrons. The van der Waals surface area contributed by atoms with Crippen LogP contribution in [-0.2, 0) is 6.54 Å². The van der Waals surface area contributed by atoms with Crippen LogP contribution >= 0.6 is 0 Å². The van der Waals surface area contributed by atoms with E-state index >= 15 is 0 Å². The molecule has 0 saturated heterocycles. The highest BCUT2D eigenvalue weighted by atomic mass is 16.5. The first-order valence-electron chi connectivity index (χ1n) is 5.41. The van der Waals surface area contributed by atoms with Gasteiger partial charge in [0.25, 0.3) is 0 Å². The Kier molecular flexibility index (Phi) is 3.35. The number of nitrogens with two attached hydrogens (primary N) is 1. The van der Waals surface area contributed by atoms with Crippen molar-refractivity contribution in [2.24, 2.45) is 5.73 Å². The quantitative estimate of drug-likeness (QED) is 0.873. The summed E-state index contributed by atoms with van der Waals surface area (Å²) in [6.45, 7) is 2.35. The van der Waals surface area contributed by atoms with Crippen molar-refractivity contribution in [2.45, 2.75) is 13.5 Å². The van der Waals surface area contributed by atoms with Crippen LogP contribution in [0, 0.1) is 6.92 Å². The Morgan fingerprint density at radius 1 is 1.24 bits per heavy atom. The number of benzene rings is 1. The Hall–Kier alpha value is -1.94. The van der Waals surface area contributed by atoms with Crippen molar-refractivity contribution >= 4 is 0 Å². The van der Waals surface area contributed by atoms with Gasteiger partial charge >= 0.3 is 0 Å². The van der Waals surface area contributed by atoms with Gasteiger partial charge in [-0.15, -0.1) is 0 Å². The van der Waals surface area contributed by atoms with Crippen molar-refractivity contribution in [3.05, 3.63) is 41.9 Å². The second-order valence-electron chi connectivity index (χ2n) is 3.73. The maximum Gasteiger partial charge on any atom is 0.118 e. The zero-order chi connectivity index (χ0) is 12.3. The predicted octanol–water partition coefficient (Wildman–Crippen LogP) is 1.92. The molecule has 0 aliphatic carbocycles. The van der Waals surface area contributed by atoms with E-state index < -0.39 is 0 Å². The van der Waals surface area contributed by atoms with Gasteiger partial charge in [0.2, 0.25) is 0 Å². The average molecular weight is 229 g/mol. The number of aromatic nitrogens is 2. The summed E-state index contributed by atoms with van der Waals surface area (Å²) in [6, 6.07) is 7.76. The molecule has 4 heteroatoms. The van der Waals surface area contributed by atoms with Crippen molar-refractivity contribution in [3.8, 4) is 17.0 Å². The molecule has 1 aromatic heterocycles. The van der Waals surface area contributed by atoms with E-state index in [1.165, 1.54) is 0 Å². The van der Waals surface area contributed by atoms with Crippen LogP contribution in [0.1, 0.15) is 11.4 Å². The van der Waals surface area contributed by atoms with E-state index in [1.54, 1.807) is 13.3 Å². The topological polar surface area (TPSA) is 61.0 Å². The standard InChI is InChI=1S/C13H15N3O/c1-9-13(15-8-11(7-14)16-9)10-3-5-12(17-2)6-4-10/h3-6,8H,7,14H2,1-2H3. The summed E-state index contributed by atoms with van der Waals surface area (Å²) in [5.41, 5.74) is 9.13. The van der Waals surface area contributed by atoms with Gasteiger partial charge in [0.05, 0.1) is 30.4 Å². The van der Waals surface area contributed by atoms with Gasteiger partial charge in [-0.3, -0.25) is 9.97 Å². The summed E-state index contributed by atoms with van der Waals surface area (Å²) < 4.78 is 5.12. The Morgan fingerprint density at radius 3 is 2.47 bits per heavy atom. The summed E-state index contributed by atoms with van der Waals surface area (Å²) in [5, 5.41) is 0. The first kappa shape index (κ1) is 11.5. The van der Waals surface area contributed by atoms with Crippen molar-refractivity contribution < 1.29 is 4.74 Å². The lowest BCUT2D eigenvalue weighted by atomic mass is 10.1. The van der Waals surface area contributed by atoms with Crippen LogP contribution in [-0.4, -0.2) is 17.1 Å². The molecule has 1 aromatic carbocycles.